The number of imidazole rings is 1. The fourth-order valence-corrected chi connectivity index (χ4v) is 3.01. The smallest absolute Gasteiger partial charge is 0.411 e. The molecule has 2 aromatic heterocycles. The molecule has 10 heteroatoms. The van der Waals surface area contributed by atoms with Gasteiger partial charge in [-0.15, -0.1) is 0 Å². The highest BCUT2D eigenvalue weighted by Crippen LogP contribution is 2.25. The van der Waals surface area contributed by atoms with Crippen LogP contribution in [0.5, 0.6) is 11.6 Å². The predicted octanol–water partition coefficient (Wildman–Crippen LogP) is 5.05. The normalized spacial score (nSPS) is 10.5. The predicted molar refractivity (Wildman–Crippen MR) is 121 cm³/mol. The van der Waals surface area contributed by atoms with E-state index in [0.717, 1.165) is 12.0 Å². The van der Waals surface area contributed by atoms with Crippen LogP contribution in [0.2, 0.25) is 0 Å². The van der Waals surface area contributed by atoms with Crippen molar-refractivity contribution in [3.05, 3.63) is 66.4 Å². The van der Waals surface area contributed by atoms with Crippen molar-refractivity contribution in [3.63, 3.8) is 0 Å². The molecule has 2 aromatic carbocycles. The fourth-order valence-electron chi connectivity index (χ4n) is 3.01. The van der Waals surface area contributed by atoms with Gasteiger partial charge in [0.1, 0.15) is 5.75 Å². The summed E-state index contributed by atoms with van der Waals surface area (Å²) in [6, 6.07) is 15.6. The number of fused-ring (bicyclic) bond motifs is 1. The number of urea groups is 1. The number of hydrogen-bond acceptors (Lipinski definition) is 5. The Balaban J connectivity index is 1.38. The highest BCUT2D eigenvalue weighted by Gasteiger charge is 2.08. The van der Waals surface area contributed by atoms with Gasteiger partial charge in [-0.25, -0.2) is 19.6 Å². The van der Waals surface area contributed by atoms with Crippen molar-refractivity contribution >= 4 is 40.5 Å². The summed E-state index contributed by atoms with van der Waals surface area (Å²) < 4.78 is 5.73. The summed E-state index contributed by atoms with van der Waals surface area (Å²) >= 11 is 0. The fraction of sp³-hybridized carbons (Fsp3) is 0.0909. The second-order valence-corrected chi connectivity index (χ2v) is 6.81. The highest BCUT2D eigenvalue weighted by atomic mass is 16.5. The first-order valence-electron chi connectivity index (χ1n) is 9.79. The van der Waals surface area contributed by atoms with Crippen LogP contribution >= 0.6 is 0 Å². The van der Waals surface area contributed by atoms with Crippen LogP contribution in [0.4, 0.5) is 26.9 Å². The summed E-state index contributed by atoms with van der Waals surface area (Å²) in [5.41, 5.74) is 3.55. The van der Waals surface area contributed by atoms with Crippen LogP contribution in [-0.4, -0.2) is 32.2 Å². The molecular formula is C22H20N6O4. The average Bonchev–Trinajstić information content (AvgIpc) is 3.16. The van der Waals surface area contributed by atoms with Gasteiger partial charge in [-0.1, -0.05) is 19.1 Å². The molecular weight excluding hydrogens is 412 g/mol. The standard InChI is InChI=1S/C22H20N6O4/c1-2-13-4-3-5-14(10-13)24-21(29)25-15-6-9-19(23-12-15)32-16-7-8-17-18(11-16)27-20(26-17)28-22(30)31/h3-12H,2H2,1H3,(H,30,31)(H2,24,25,29)(H2,26,27,28). The summed E-state index contributed by atoms with van der Waals surface area (Å²) in [5, 5.41) is 16.5. The zero-order valence-corrected chi connectivity index (χ0v) is 17.0. The molecule has 3 amide bonds. The van der Waals surface area contributed by atoms with Gasteiger partial charge < -0.3 is 25.5 Å². The maximum Gasteiger partial charge on any atom is 0.411 e. The molecule has 0 saturated heterocycles. The summed E-state index contributed by atoms with van der Waals surface area (Å²) in [5.74, 6) is 0.942. The van der Waals surface area contributed by atoms with Gasteiger partial charge in [0.15, 0.2) is 0 Å². The van der Waals surface area contributed by atoms with E-state index in [1.54, 1.807) is 30.3 Å². The van der Waals surface area contributed by atoms with Crippen LogP contribution in [0.15, 0.2) is 60.8 Å². The van der Waals surface area contributed by atoms with Gasteiger partial charge in [0.2, 0.25) is 11.8 Å². The van der Waals surface area contributed by atoms with E-state index in [4.69, 9.17) is 9.84 Å². The van der Waals surface area contributed by atoms with E-state index in [-0.39, 0.29) is 12.0 Å². The number of amides is 3. The molecule has 4 rings (SSSR count). The summed E-state index contributed by atoms with van der Waals surface area (Å²) in [6.45, 7) is 2.05. The maximum absolute atomic E-state index is 12.2. The minimum Gasteiger partial charge on any atom is -0.465 e. The molecule has 0 aliphatic carbocycles. The first-order chi connectivity index (χ1) is 15.5. The Kier molecular flexibility index (Phi) is 5.84. The van der Waals surface area contributed by atoms with Crippen molar-refractivity contribution in [2.24, 2.45) is 0 Å². The van der Waals surface area contributed by atoms with Crippen molar-refractivity contribution in [1.29, 1.82) is 0 Å². The summed E-state index contributed by atoms with van der Waals surface area (Å²) in [7, 11) is 0. The molecule has 4 aromatic rings. The monoisotopic (exact) mass is 432 g/mol. The molecule has 0 fully saturated rings. The number of benzene rings is 2. The van der Waals surface area contributed by atoms with E-state index in [1.807, 2.05) is 24.3 Å². The highest BCUT2D eigenvalue weighted by molar-refractivity contribution is 5.99. The van der Waals surface area contributed by atoms with E-state index >= 15 is 0 Å². The number of ether oxygens (including phenoxy) is 1. The van der Waals surface area contributed by atoms with Crippen molar-refractivity contribution in [3.8, 4) is 11.6 Å². The molecule has 0 saturated carbocycles. The minimum absolute atomic E-state index is 0.123. The Morgan fingerprint density at radius 1 is 1.03 bits per heavy atom. The van der Waals surface area contributed by atoms with Crippen LogP contribution < -0.4 is 20.7 Å². The number of aryl methyl sites for hydroxylation is 1. The van der Waals surface area contributed by atoms with Crippen molar-refractivity contribution in [1.82, 2.24) is 15.0 Å². The molecule has 0 unspecified atom stereocenters. The Morgan fingerprint density at radius 2 is 1.88 bits per heavy atom. The first kappa shape index (κ1) is 20.7. The van der Waals surface area contributed by atoms with Crippen molar-refractivity contribution in [2.75, 3.05) is 16.0 Å². The number of carboxylic acid groups (broad SMARTS) is 1. The molecule has 0 radical (unpaired) electrons. The lowest BCUT2D eigenvalue weighted by molar-refractivity contribution is 0.209. The number of rotatable bonds is 6. The Bertz CT molecular complexity index is 1270. The van der Waals surface area contributed by atoms with Gasteiger partial charge >= 0.3 is 12.1 Å². The second-order valence-electron chi connectivity index (χ2n) is 6.81. The Morgan fingerprint density at radius 3 is 2.62 bits per heavy atom. The number of nitrogens with one attached hydrogen (secondary N) is 4. The van der Waals surface area contributed by atoms with Gasteiger partial charge in [0, 0.05) is 17.8 Å². The first-order valence-corrected chi connectivity index (χ1v) is 9.79. The van der Waals surface area contributed by atoms with E-state index in [2.05, 4.69) is 37.8 Å². The average molecular weight is 432 g/mol. The van der Waals surface area contributed by atoms with Crippen LogP contribution in [0, 0.1) is 0 Å². The number of H-pyrrole nitrogens is 1. The van der Waals surface area contributed by atoms with Crippen LogP contribution in [0.3, 0.4) is 0 Å². The molecule has 162 valence electrons. The Hall–Kier alpha value is -4.60. The zero-order valence-electron chi connectivity index (χ0n) is 17.0. The topological polar surface area (TPSA) is 141 Å². The molecule has 2 heterocycles. The number of carbonyl (C=O) groups is 2. The van der Waals surface area contributed by atoms with Gasteiger partial charge in [0.05, 0.1) is 22.9 Å². The van der Waals surface area contributed by atoms with Crippen LogP contribution in [0.25, 0.3) is 11.0 Å². The summed E-state index contributed by atoms with van der Waals surface area (Å²) in [6.07, 6.45) is 1.17. The van der Waals surface area contributed by atoms with Crippen LogP contribution in [0.1, 0.15) is 12.5 Å². The zero-order chi connectivity index (χ0) is 22.5. The number of nitrogens with zero attached hydrogens (tertiary/aromatic N) is 2. The lowest BCUT2D eigenvalue weighted by atomic mass is 10.1. The number of hydrogen-bond donors (Lipinski definition) is 5. The molecule has 0 bridgehead atoms. The SMILES string of the molecule is CCc1cccc(NC(=O)Nc2ccc(Oc3ccc4nc(NC(=O)O)[nH]c4c3)nc2)c1. The molecule has 0 spiro atoms. The molecule has 0 aliphatic rings. The van der Waals surface area contributed by atoms with E-state index < -0.39 is 6.09 Å². The lowest BCUT2D eigenvalue weighted by Gasteiger charge is -2.09. The van der Waals surface area contributed by atoms with E-state index in [0.29, 0.717) is 34.0 Å². The van der Waals surface area contributed by atoms with Crippen molar-refractivity contribution in [2.45, 2.75) is 13.3 Å². The maximum atomic E-state index is 12.2. The van der Waals surface area contributed by atoms with Gasteiger partial charge in [0.25, 0.3) is 0 Å². The van der Waals surface area contributed by atoms with Gasteiger partial charge in [-0.3, -0.25) is 5.32 Å². The van der Waals surface area contributed by atoms with Crippen molar-refractivity contribution < 1.29 is 19.4 Å². The Labute approximate surface area is 182 Å². The quantitative estimate of drug-likeness (QED) is 0.289. The third-order valence-corrected chi connectivity index (χ3v) is 4.49. The minimum atomic E-state index is -1.21. The molecule has 32 heavy (non-hydrogen) atoms. The van der Waals surface area contributed by atoms with Gasteiger partial charge in [-0.2, -0.15) is 0 Å². The van der Waals surface area contributed by atoms with E-state index in [9.17, 15) is 9.59 Å². The number of aromatic nitrogens is 3. The molecule has 10 nitrogen and oxygen atoms in total. The van der Waals surface area contributed by atoms with E-state index in [1.165, 1.54) is 6.20 Å². The number of anilines is 3. The third kappa shape index (κ3) is 5.11. The van der Waals surface area contributed by atoms with Gasteiger partial charge in [-0.05, 0) is 42.3 Å². The molecule has 0 atom stereocenters. The number of carbonyl (C=O) groups excluding carboxylic acids is 1. The third-order valence-electron chi connectivity index (χ3n) is 4.49. The second kappa shape index (κ2) is 9.04. The van der Waals surface area contributed by atoms with Crippen LogP contribution in [-0.2, 0) is 6.42 Å². The molecule has 0 aliphatic heterocycles. The largest absolute Gasteiger partial charge is 0.465 e. The number of aromatic amines is 1. The number of pyridine rings is 1. The molecule has 5 N–H and O–H groups in total. The summed E-state index contributed by atoms with van der Waals surface area (Å²) in [4.78, 5) is 34.1. The lowest BCUT2D eigenvalue weighted by Crippen LogP contribution is -2.19.